The number of halogens is 2. The van der Waals surface area contributed by atoms with E-state index in [-0.39, 0.29) is 5.56 Å². The SMILES string of the molecule is CCc1ccc(C(=O)NNC(=O)c2ccc(SC(F)F)cc2)cc1. The summed E-state index contributed by atoms with van der Waals surface area (Å²) >= 11 is 0.403. The van der Waals surface area contributed by atoms with Gasteiger partial charge in [0.25, 0.3) is 17.6 Å². The summed E-state index contributed by atoms with van der Waals surface area (Å²) in [6.07, 6.45) is 0.873. The van der Waals surface area contributed by atoms with Crippen LogP contribution in [0.4, 0.5) is 8.78 Å². The highest BCUT2D eigenvalue weighted by molar-refractivity contribution is 7.99. The molecule has 0 atom stereocenters. The number of amides is 2. The first-order valence-electron chi connectivity index (χ1n) is 7.24. The molecular weight excluding hydrogens is 334 g/mol. The number of hydrogen-bond donors (Lipinski definition) is 2. The lowest BCUT2D eigenvalue weighted by Crippen LogP contribution is -2.41. The van der Waals surface area contributed by atoms with E-state index in [4.69, 9.17) is 0 Å². The van der Waals surface area contributed by atoms with Crippen LogP contribution in [0.25, 0.3) is 0 Å². The Balaban J connectivity index is 1.90. The molecule has 0 heterocycles. The van der Waals surface area contributed by atoms with E-state index in [1.165, 1.54) is 24.3 Å². The molecule has 0 saturated heterocycles. The van der Waals surface area contributed by atoms with Gasteiger partial charge in [0.1, 0.15) is 0 Å². The third-order valence-electron chi connectivity index (χ3n) is 3.26. The normalized spacial score (nSPS) is 10.5. The van der Waals surface area contributed by atoms with Crippen molar-refractivity contribution in [3.63, 3.8) is 0 Å². The van der Waals surface area contributed by atoms with Gasteiger partial charge in [-0.25, -0.2) is 0 Å². The molecule has 126 valence electrons. The monoisotopic (exact) mass is 350 g/mol. The fourth-order valence-corrected chi connectivity index (χ4v) is 2.44. The lowest BCUT2D eigenvalue weighted by Gasteiger charge is -2.08. The summed E-state index contributed by atoms with van der Waals surface area (Å²) in [6.45, 7) is 2.01. The van der Waals surface area contributed by atoms with Gasteiger partial charge < -0.3 is 0 Å². The predicted octanol–water partition coefficient (Wildman–Crippen LogP) is 3.64. The predicted molar refractivity (Wildman–Crippen MR) is 89.1 cm³/mol. The van der Waals surface area contributed by atoms with Gasteiger partial charge in [-0.3, -0.25) is 20.4 Å². The Bertz CT molecular complexity index is 704. The number of hydrazine groups is 1. The zero-order valence-electron chi connectivity index (χ0n) is 12.9. The standard InChI is InChI=1S/C17H16F2N2O2S/c1-2-11-3-5-12(6-4-11)15(22)20-21-16(23)13-7-9-14(10-8-13)24-17(18)19/h3-10,17H,2H2,1H3,(H,20,22)(H,21,23). The van der Waals surface area contributed by atoms with E-state index in [0.717, 1.165) is 12.0 Å². The highest BCUT2D eigenvalue weighted by Gasteiger charge is 2.10. The molecule has 0 aliphatic carbocycles. The molecule has 0 spiro atoms. The van der Waals surface area contributed by atoms with E-state index >= 15 is 0 Å². The number of carbonyl (C=O) groups excluding carboxylic acids is 2. The van der Waals surface area contributed by atoms with Crippen LogP contribution in [0.3, 0.4) is 0 Å². The Morgan fingerprint density at radius 3 is 1.79 bits per heavy atom. The third-order valence-corrected chi connectivity index (χ3v) is 3.98. The molecule has 24 heavy (non-hydrogen) atoms. The van der Waals surface area contributed by atoms with Crippen LogP contribution in [0.15, 0.2) is 53.4 Å². The first kappa shape index (κ1) is 17.9. The average molecular weight is 350 g/mol. The number of hydrogen-bond acceptors (Lipinski definition) is 3. The van der Waals surface area contributed by atoms with Crippen molar-refractivity contribution in [3.8, 4) is 0 Å². The summed E-state index contributed by atoms with van der Waals surface area (Å²) in [5.41, 5.74) is 6.41. The molecular formula is C17H16F2N2O2S. The summed E-state index contributed by atoms with van der Waals surface area (Å²) in [5, 5.41) is 0. The fraction of sp³-hybridized carbons (Fsp3) is 0.176. The van der Waals surface area contributed by atoms with Gasteiger partial charge in [0.2, 0.25) is 0 Å². The van der Waals surface area contributed by atoms with Crippen LogP contribution in [-0.4, -0.2) is 17.6 Å². The fourth-order valence-electron chi connectivity index (χ4n) is 1.94. The largest absolute Gasteiger partial charge is 0.288 e. The maximum atomic E-state index is 12.2. The van der Waals surface area contributed by atoms with Gasteiger partial charge in [-0.05, 0) is 48.4 Å². The van der Waals surface area contributed by atoms with Crippen molar-refractivity contribution in [2.75, 3.05) is 0 Å². The molecule has 0 radical (unpaired) electrons. The zero-order chi connectivity index (χ0) is 17.5. The maximum absolute atomic E-state index is 12.2. The highest BCUT2D eigenvalue weighted by atomic mass is 32.2. The molecule has 2 aromatic rings. The van der Waals surface area contributed by atoms with Gasteiger partial charge in [-0.2, -0.15) is 8.78 Å². The topological polar surface area (TPSA) is 58.2 Å². The lowest BCUT2D eigenvalue weighted by atomic mass is 10.1. The van der Waals surface area contributed by atoms with Crippen LogP contribution < -0.4 is 10.9 Å². The number of carbonyl (C=O) groups is 2. The van der Waals surface area contributed by atoms with Crippen LogP contribution in [0.2, 0.25) is 0 Å². The van der Waals surface area contributed by atoms with Crippen molar-refractivity contribution in [2.45, 2.75) is 24.0 Å². The van der Waals surface area contributed by atoms with Crippen molar-refractivity contribution in [3.05, 3.63) is 65.2 Å². The number of nitrogens with one attached hydrogen (secondary N) is 2. The molecule has 4 nitrogen and oxygen atoms in total. The Hall–Kier alpha value is -2.41. The minimum Gasteiger partial charge on any atom is -0.267 e. The molecule has 0 aliphatic rings. The summed E-state index contributed by atoms with van der Waals surface area (Å²) in [4.78, 5) is 24.2. The minimum absolute atomic E-state index is 0.259. The summed E-state index contributed by atoms with van der Waals surface area (Å²) in [6, 6.07) is 12.7. The van der Waals surface area contributed by atoms with Gasteiger partial charge in [-0.15, -0.1) is 0 Å². The first-order valence-corrected chi connectivity index (χ1v) is 8.12. The summed E-state index contributed by atoms with van der Waals surface area (Å²) < 4.78 is 24.5. The maximum Gasteiger partial charge on any atom is 0.288 e. The molecule has 0 unspecified atom stereocenters. The molecule has 2 aromatic carbocycles. The number of alkyl halides is 2. The van der Waals surface area contributed by atoms with Crippen molar-refractivity contribution >= 4 is 23.6 Å². The first-order chi connectivity index (χ1) is 11.5. The number of benzene rings is 2. The van der Waals surface area contributed by atoms with E-state index in [1.54, 1.807) is 12.1 Å². The van der Waals surface area contributed by atoms with Crippen LogP contribution in [0, 0.1) is 0 Å². The van der Waals surface area contributed by atoms with Crippen molar-refractivity contribution in [1.29, 1.82) is 0 Å². The third kappa shape index (κ3) is 5.06. The van der Waals surface area contributed by atoms with Crippen LogP contribution in [0.5, 0.6) is 0 Å². The molecule has 7 heteroatoms. The Morgan fingerprint density at radius 2 is 1.38 bits per heavy atom. The Labute approximate surface area is 142 Å². The molecule has 0 saturated carbocycles. The van der Waals surface area contributed by atoms with Crippen LogP contribution in [-0.2, 0) is 6.42 Å². The smallest absolute Gasteiger partial charge is 0.267 e. The van der Waals surface area contributed by atoms with E-state index in [1.807, 2.05) is 19.1 Å². The number of thioether (sulfide) groups is 1. The highest BCUT2D eigenvalue weighted by Crippen LogP contribution is 2.25. The average Bonchev–Trinajstić information content (AvgIpc) is 2.59. The lowest BCUT2D eigenvalue weighted by molar-refractivity contribution is 0.0846. The van der Waals surface area contributed by atoms with Gasteiger partial charge in [0.15, 0.2) is 0 Å². The molecule has 0 aromatic heterocycles. The van der Waals surface area contributed by atoms with E-state index in [9.17, 15) is 18.4 Å². The Kier molecular flexibility index (Phi) is 6.31. The number of rotatable bonds is 5. The molecule has 2 amide bonds. The molecule has 0 aliphatic heterocycles. The second-order valence-corrected chi connectivity index (χ2v) is 5.93. The van der Waals surface area contributed by atoms with Crippen molar-refractivity contribution < 1.29 is 18.4 Å². The van der Waals surface area contributed by atoms with E-state index in [2.05, 4.69) is 10.9 Å². The van der Waals surface area contributed by atoms with Gasteiger partial charge in [0, 0.05) is 16.0 Å². The van der Waals surface area contributed by atoms with Gasteiger partial charge in [0.05, 0.1) is 0 Å². The minimum atomic E-state index is -2.51. The molecule has 2 N–H and O–H groups in total. The van der Waals surface area contributed by atoms with Crippen LogP contribution in [0.1, 0.15) is 33.2 Å². The quantitative estimate of drug-likeness (QED) is 0.639. The van der Waals surface area contributed by atoms with Crippen molar-refractivity contribution in [1.82, 2.24) is 10.9 Å². The molecule has 0 fully saturated rings. The van der Waals surface area contributed by atoms with E-state index in [0.29, 0.717) is 22.2 Å². The van der Waals surface area contributed by atoms with Gasteiger partial charge >= 0.3 is 0 Å². The van der Waals surface area contributed by atoms with Crippen molar-refractivity contribution in [2.24, 2.45) is 0 Å². The molecule has 0 bridgehead atoms. The zero-order valence-corrected chi connectivity index (χ0v) is 13.7. The number of aryl methyl sites for hydroxylation is 1. The summed E-state index contributed by atoms with van der Waals surface area (Å²) in [7, 11) is 0. The second kappa shape index (κ2) is 8.44. The van der Waals surface area contributed by atoms with E-state index < -0.39 is 17.6 Å². The molecule has 2 rings (SSSR count). The van der Waals surface area contributed by atoms with Gasteiger partial charge in [-0.1, -0.05) is 30.8 Å². The summed E-state index contributed by atoms with van der Waals surface area (Å²) in [5.74, 6) is -3.47. The second-order valence-electron chi connectivity index (χ2n) is 4.86. The van der Waals surface area contributed by atoms with Crippen LogP contribution >= 0.6 is 11.8 Å². The Morgan fingerprint density at radius 1 is 0.917 bits per heavy atom.